The quantitative estimate of drug-likeness (QED) is 0.773. The third-order valence-electron chi connectivity index (χ3n) is 2.66. The number of hydrogen-bond donors (Lipinski definition) is 1. The Morgan fingerprint density at radius 2 is 2.26 bits per heavy atom. The Morgan fingerprint density at radius 3 is 2.95 bits per heavy atom. The fraction of sp³-hybridized carbons (Fsp3) is 0.0769. The molecule has 1 N–H and O–H groups in total. The zero-order valence-electron chi connectivity index (χ0n) is 9.94. The molecule has 96 valence electrons. The SMILES string of the molecule is Cc1ccc(Cl)c2sc(NC(=O)c3ccco3)nc12. The number of amides is 1. The Morgan fingerprint density at radius 1 is 1.42 bits per heavy atom. The number of carbonyl (C=O) groups excluding carboxylic acids is 1. The van der Waals surface area contributed by atoms with Crippen molar-refractivity contribution < 1.29 is 9.21 Å². The van der Waals surface area contributed by atoms with Crippen LogP contribution in [0.15, 0.2) is 34.9 Å². The number of fused-ring (bicyclic) bond motifs is 1. The number of anilines is 1. The van der Waals surface area contributed by atoms with Crippen LogP contribution in [0, 0.1) is 6.92 Å². The maximum absolute atomic E-state index is 11.9. The molecule has 2 heterocycles. The van der Waals surface area contributed by atoms with E-state index in [0.717, 1.165) is 15.8 Å². The lowest BCUT2D eigenvalue weighted by Crippen LogP contribution is -2.10. The maximum atomic E-state index is 11.9. The third-order valence-corrected chi connectivity index (χ3v) is 4.09. The van der Waals surface area contributed by atoms with Crippen LogP contribution in [0.5, 0.6) is 0 Å². The van der Waals surface area contributed by atoms with Crippen molar-refractivity contribution in [3.05, 3.63) is 46.9 Å². The number of benzene rings is 1. The highest BCUT2D eigenvalue weighted by Gasteiger charge is 2.14. The molecule has 2 aromatic heterocycles. The molecule has 0 aliphatic carbocycles. The number of rotatable bonds is 2. The molecular formula is C13H9ClN2O2S. The molecule has 0 saturated heterocycles. The van der Waals surface area contributed by atoms with E-state index >= 15 is 0 Å². The van der Waals surface area contributed by atoms with Crippen molar-refractivity contribution >= 4 is 44.2 Å². The van der Waals surface area contributed by atoms with Crippen molar-refractivity contribution in [2.75, 3.05) is 5.32 Å². The van der Waals surface area contributed by atoms with Gasteiger partial charge >= 0.3 is 0 Å². The fourth-order valence-corrected chi connectivity index (χ4v) is 2.93. The number of aromatic nitrogens is 1. The molecule has 4 nitrogen and oxygen atoms in total. The second-order valence-corrected chi connectivity index (χ2v) is 5.40. The van der Waals surface area contributed by atoms with Crippen LogP contribution in [-0.2, 0) is 0 Å². The number of halogens is 1. The van der Waals surface area contributed by atoms with Gasteiger partial charge in [0.15, 0.2) is 10.9 Å². The van der Waals surface area contributed by atoms with Crippen LogP contribution in [0.1, 0.15) is 16.1 Å². The molecule has 3 aromatic rings. The molecule has 0 saturated carbocycles. The molecule has 0 aliphatic heterocycles. The zero-order chi connectivity index (χ0) is 13.4. The van der Waals surface area contributed by atoms with Crippen LogP contribution in [0.2, 0.25) is 5.02 Å². The van der Waals surface area contributed by atoms with E-state index in [2.05, 4.69) is 10.3 Å². The molecule has 6 heteroatoms. The molecule has 0 spiro atoms. The van der Waals surface area contributed by atoms with Gasteiger partial charge < -0.3 is 4.42 Å². The predicted octanol–water partition coefficient (Wildman–Crippen LogP) is 4.10. The number of hydrogen-bond acceptors (Lipinski definition) is 4. The molecule has 0 radical (unpaired) electrons. The van der Waals surface area contributed by atoms with E-state index in [1.807, 2.05) is 19.1 Å². The molecule has 0 unspecified atom stereocenters. The summed E-state index contributed by atoms with van der Waals surface area (Å²) in [6, 6.07) is 6.99. The standard InChI is InChI=1S/C13H9ClN2O2S/c1-7-4-5-8(14)11-10(7)15-13(19-11)16-12(17)9-3-2-6-18-9/h2-6H,1H3,(H,15,16,17). The topological polar surface area (TPSA) is 55.1 Å². The lowest BCUT2D eigenvalue weighted by Gasteiger charge is -1.96. The molecular weight excluding hydrogens is 284 g/mol. The van der Waals surface area contributed by atoms with Crippen molar-refractivity contribution in [2.24, 2.45) is 0 Å². The van der Waals surface area contributed by atoms with Crippen molar-refractivity contribution in [1.82, 2.24) is 4.98 Å². The van der Waals surface area contributed by atoms with Crippen LogP contribution in [-0.4, -0.2) is 10.9 Å². The third kappa shape index (κ3) is 2.22. The van der Waals surface area contributed by atoms with Crippen LogP contribution in [0.25, 0.3) is 10.2 Å². The number of furan rings is 1. The van der Waals surface area contributed by atoms with Crippen molar-refractivity contribution in [1.29, 1.82) is 0 Å². The van der Waals surface area contributed by atoms with Gasteiger partial charge in [-0.3, -0.25) is 10.1 Å². The van der Waals surface area contributed by atoms with Crippen LogP contribution >= 0.6 is 22.9 Å². The van der Waals surface area contributed by atoms with E-state index < -0.39 is 0 Å². The molecule has 1 amide bonds. The van der Waals surface area contributed by atoms with Gasteiger partial charge in [-0.25, -0.2) is 4.98 Å². The zero-order valence-corrected chi connectivity index (χ0v) is 11.5. The molecule has 0 fully saturated rings. The maximum Gasteiger partial charge on any atom is 0.293 e. The molecule has 0 atom stereocenters. The number of nitrogens with one attached hydrogen (secondary N) is 1. The van der Waals surface area contributed by atoms with E-state index in [0.29, 0.717) is 10.2 Å². The Balaban J connectivity index is 1.96. The summed E-state index contributed by atoms with van der Waals surface area (Å²) >= 11 is 7.46. The van der Waals surface area contributed by atoms with Gasteiger partial charge in [-0.05, 0) is 30.7 Å². The average molecular weight is 293 g/mol. The number of carbonyl (C=O) groups is 1. The largest absolute Gasteiger partial charge is 0.459 e. The Labute approximate surface area is 118 Å². The van der Waals surface area contributed by atoms with Crippen LogP contribution in [0.3, 0.4) is 0 Å². The number of aryl methyl sites for hydroxylation is 1. The van der Waals surface area contributed by atoms with Gasteiger partial charge in [0.2, 0.25) is 0 Å². The first-order chi connectivity index (χ1) is 9.15. The second kappa shape index (κ2) is 4.68. The van der Waals surface area contributed by atoms with E-state index in [1.54, 1.807) is 12.1 Å². The summed E-state index contributed by atoms with van der Waals surface area (Å²) in [5.41, 5.74) is 1.83. The van der Waals surface area contributed by atoms with E-state index in [9.17, 15) is 4.79 Å². The Hall–Kier alpha value is -1.85. The highest BCUT2D eigenvalue weighted by atomic mass is 35.5. The first-order valence-electron chi connectivity index (χ1n) is 5.55. The molecule has 1 aromatic carbocycles. The normalized spacial score (nSPS) is 10.8. The molecule has 0 aliphatic rings. The minimum absolute atomic E-state index is 0.252. The minimum atomic E-state index is -0.321. The second-order valence-electron chi connectivity index (χ2n) is 3.99. The lowest BCUT2D eigenvalue weighted by molar-refractivity contribution is 0.0996. The monoisotopic (exact) mass is 292 g/mol. The minimum Gasteiger partial charge on any atom is -0.459 e. The average Bonchev–Trinajstić information content (AvgIpc) is 3.02. The van der Waals surface area contributed by atoms with Gasteiger partial charge in [0, 0.05) is 0 Å². The summed E-state index contributed by atoms with van der Waals surface area (Å²) in [5.74, 6) is -0.0695. The molecule has 3 rings (SSSR count). The predicted molar refractivity (Wildman–Crippen MR) is 76.0 cm³/mol. The Kier molecular flexibility index (Phi) is 3.00. The van der Waals surface area contributed by atoms with E-state index in [4.69, 9.17) is 16.0 Å². The lowest BCUT2D eigenvalue weighted by atomic mass is 10.2. The molecule has 0 bridgehead atoms. The number of thiazole rings is 1. The summed E-state index contributed by atoms with van der Waals surface area (Å²) in [6.45, 7) is 1.95. The van der Waals surface area contributed by atoms with Crippen molar-refractivity contribution in [3.8, 4) is 0 Å². The van der Waals surface area contributed by atoms with Gasteiger partial charge in [0.25, 0.3) is 5.91 Å². The fourth-order valence-electron chi connectivity index (χ4n) is 1.72. The smallest absolute Gasteiger partial charge is 0.293 e. The van der Waals surface area contributed by atoms with E-state index in [-0.39, 0.29) is 11.7 Å². The van der Waals surface area contributed by atoms with Crippen molar-refractivity contribution in [2.45, 2.75) is 6.92 Å². The molecule has 19 heavy (non-hydrogen) atoms. The number of nitrogens with zero attached hydrogens (tertiary/aromatic N) is 1. The van der Waals surface area contributed by atoms with Crippen molar-refractivity contribution in [3.63, 3.8) is 0 Å². The highest BCUT2D eigenvalue weighted by Crippen LogP contribution is 2.33. The highest BCUT2D eigenvalue weighted by molar-refractivity contribution is 7.23. The van der Waals surface area contributed by atoms with Crippen LogP contribution in [0.4, 0.5) is 5.13 Å². The summed E-state index contributed by atoms with van der Waals surface area (Å²) < 4.78 is 5.90. The first-order valence-corrected chi connectivity index (χ1v) is 6.75. The van der Waals surface area contributed by atoms with Gasteiger partial charge in [-0.1, -0.05) is 29.0 Å². The summed E-state index contributed by atoms with van der Waals surface area (Å²) in [4.78, 5) is 16.2. The van der Waals surface area contributed by atoms with Gasteiger partial charge in [0.1, 0.15) is 0 Å². The van der Waals surface area contributed by atoms with Crippen LogP contribution < -0.4 is 5.32 Å². The van der Waals surface area contributed by atoms with Gasteiger partial charge in [-0.2, -0.15) is 0 Å². The first kappa shape index (κ1) is 12.2. The summed E-state index contributed by atoms with van der Waals surface area (Å²) in [5, 5.41) is 3.85. The Bertz CT molecular complexity index is 710. The van der Waals surface area contributed by atoms with Gasteiger partial charge in [0.05, 0.1) is 21.5 Å². The van der Waals surface area contributed by atoms with Gasteiger partial charge in [-0.15, -0.1) is 0 Å². The summed E-state index contributed by atoms with van der Waals surface area (Å²) in [6.07, 6.45) is 1.45. The van der Waals surface area contributed by atoms with E-state index in [1.165, 1.54) is 17.6 Å². The summed E-state index contributed by atoms with van der Waals surface area (Å²) in [7, 11) is 0.